The van der Waals surface area contributed by atoms with Gasteiger partial charge in [0.05, 0.1) is 12.2 Å². The van der Waals surface area contributed by atoms with Crippen molar-refractivity contribution in [1.29, 1.82) is 0 Å². The summed E-state index contributed by atoms with van der Waals surface area (Å²) in [7, 11) is 0. The Morgan fingerprint density at radius 3 is 1.51 bits per heavy atom. The van der Waals surface area contributed by atoms with Gasteiger partial charge in [0.15, 0.2) is 17.2 Å². The van der Waals surface area contributed by atoms with Gasteiger partial charge in [0.1, 0.15) is 0 Å². The number of hydrogen-bond acceptors (Lipinski definition) is 5. The van der Waals surface area contributed by atoms with Gasteiger partial charge >= 0.3 is 5.97 Å². The molecule has 0 heterocycles. The molecule has 3 N–H and O–H groups in total. The second-order valence-electron chi connectivity index (χ2n) is 10.8. The van der Waals surface area contributed by atoms with E-state index in [-0.39, 0.29) is 12.2 Å². The van der Waals surface area contributed by atoms with Gasteiger partial charge in [-0.1, -0.05) is 58.2 Å². The topological polar surface area (TPSA) is 87.0 Å². The van der Waals surface area contributed by atoms with Gasteiger partial charge < -0.3 is 20.1 Å². The first kappa shape index (κ1) is 33.8. The number of carbonyl (C=O) groups excluding carboxylic acids is 1. The molecule has 0 amide bonds. The summed E-state index contributed by atoms with van der Waals surface area (Å²) in [5.74, 6) is -2.42. The van der Waals surface area contributed by atoms with E-state index in [2.05, 4.69) is 71.9 Å². The Labute approximate surface area is 236 Å². The second kappa shape index (κ2) is 18.9. The monoisotopic (exact) mass is 538 g/mol. The molecule has 1 aromatic rings. The van der Waals surface area contributed by atoms with Crippen LogP contribution in [0, 0.1) is 0 Å². The Morgan fingerprint density at radius 1 is 0.641 bits per heavy atom. The van der Waals surface area contributed by atoms with Crippen molar-refractivity contribution in [3.63, 3.8) is 0 Å². The fourth-order valence-corrected chi connectivity index (χ4v) is 4.07. The van der Waals surface area contributed by atoms with Crippen LogP contribution < -0.4 is 0 Å². The minimum Gasteiger partial charge on any atom is -0.504 e. The fraction of sp³-hybridized carbons (Fsp3) is 0.500. The highest BCUT2D eigenvalue weighted by Gasteiger charge is 2.14. The zero-order valence-electron chi connectivity index (χ0n) is 25.0. The standard InChI is InChI=1S/C34H50O5/c1-25(2)13-9-16-28(5)19-10-17-26(3)14-7-8-15-27(4)18-11-20-29(6)21-12-22-39-34(38)30-23-31(35)33(37)32(36)24-30/h13-15,19-20,23-24,35-37H,7-12,16-18,21-22H2,1-6H3/b26-14+,27-15+,28-19+,29-20+. The van der Waals surface area contributed by atoms with Crippen LogP contribution in [-0.4, -0.2) is 27.9 Å². The van der Waals surface area contributed by atoms with E-state index in [0.717, 1.165) is 69.9 Å². The lowest BCUT2D eigenvalue weighted by atomic mass is 10.0. The third-order valence-electron chi connectivity index (χ3n) is 6.56. The molecule has 39 heavy (non-hydrogen) atoms. The van der Waals surface area contributed by atoms with E-state index < -0.39 is 23.2 Å². The minimum absolute atomic E-state index is 0.00327. The van der Waals surface area contributed by atoms with E-state index in [1.807, 2.05) is 0 Å². The van der Waals surface area contributed by atoms with Crippen LogP contribution in [0.2, 0.25) is 0 Å². The maximum absolute atomic E-state index is 12.1. The summed E-state index contributed by atoms with van der Waals surface area (Å²) in [6.07, 6.45) is 21.9. The summed E-state index contributed by atoms with van der Waals surface area (Å²) in [6.45, 7) is 13.3. The summed E-state index contributed by atoms with van der Waals surface area (Å²) in [5, 5.41) is 28.4. The molecular formula is C34H50O5. The van der Waals surface area contributed by atoms with Crippen LogP contribution >= 0.6 is 0 Å². The first-order chi connectivity index (χ1) is 18.5. The number of rotatable bonds is 17. The van der Waals surface area contributed by atoms with E-state index in [1.54, 1.807) is 0 Å². The molecule has 1 aromatic carbocycles. The highest BCUT2D eigenvalue weighted by molar-refractivity contribution is 5.91. The first-order valence-corrected chi connectivity index (χ1v) is 14.2. The van der Waals surface area contributed by atoms with Gasteiger partial charge in [-0.2, -0.15) is 0 Å². The van der Waals surface area contributed by atoms with Crippen molar-refractivity contribution in [3.05, 3.63) is 75.9 Å². The predicted octanol–water partition coefficient (Wildman–Crippen LogP) is 9.61. The van der Waals surface area contributed by atoms with Crippen LogP contribution in [0.5, 0.6) is 17.2 Å². The third kappa shape index (κ3) is 15.7. The lowest BCUT2D eigenvalue weighted by molar-refractivity contribution is 0.0499. The van der Waals surface area contributed by atoms with Crippen LogP contribution in [0.3, 0.4) is 0 Å². The van der Waals surface area contributed by atoms with Crippen LogP contribution in [0.15, 0.2) is 70.4 Å². The maximum atomic E-state index is 12.1. The normalized spacial score (nSPS) is 13.0. The number of ether oxygens (including phenoxy) is 1. The van der Waals surface area contributed by atoms with Gasteiger partial charge in [0, 0.05) is 0 Å². The molecule has 0 atom stereocenters. The van der Waals surface area contributed by atoms with Crippen molar-refractivity contribution >= 4 is 5.97 Å². The Hall–Kier alpha value is -3.21. The number of aromatic hydroxyl groups is 3. The highest BCUT2D eigenvalue weighted by atomic mass is 16.5. The molecule has 5 heteroatoms. The van der Waals surface area contributed by atoms with E-state index in [0.29, 0.717) is 6.42 Å². The number of phenols is 3. The molecule has 1 rings (SSSR count). The molecule has 0 radical (unpaired) electrons. The number of carbonyl (C=O) groups is 1. The Kier molecular flexibility index (Phi) is 16.4. The van der Waals surface area contributed by atoms with Gasteiger partial charge in [-0.05, 0) is 118 Å². The molecule has 0 saturated carbocycles. The Morgan fingerprint density at radius 2 is 1.05 bits per heavy atom. The Balaban J connectivity index is 2.23. The average molecular weight is 539 g/mol. The predicted molar refractivity (Wildman–Crippen MR) is 162 cm³/mol. The quantitative estimate of drug-likeness (QED) is 0.0795. The molecule has 0 spiro atoms. The summed E-state index contributed by atoms with van der Waals surface area (Å²) < 4.78 is 5.21. The minimum atomic E-state index is -0.653. The highest BCUT2D eigenvalue weighted by Crippen LogP contribution is 2.35. The molecule has 0 aliphatic carbocycles. The van der Waals surface area contributed by atoms with Crippen molar-refractivity contribution in [2.75, 3.05) is 6.61 Å². The van der Waals surface area contributed by atoms with Gasteiger partial charge in [-0.15, -0.1) is 0 Å². The van der Waals surface area contributed by atoms with Crippen LogP contribution in [0.1, 0.15) is 116 Å². The SMILES string of the molecule is CC(C)=CCC/C(C)=C/CC/C(C)=C/CC/C=C(\C)CC/C=C(\C)CCCOC(=O)c1cc(O)c(O)c(O)c1. The summed E-state index contributed by atoms with van der Waals surface area (Å²) in [6, 6.07) is 2.15. The zero-order chi connectivity index (χ0) is 29.2. The molecule has 216 valence electrons. The molecule has 0 aliphatic rings. The molecule has 5 nitrogen and oxygen atoms in total. The third-order valence-corrected chi connectivity index (χ3v) is 6.56. The molecule has 0 bridgehead atoms. The van der Waals surface area contributed by atoms with Gasteiger partial charge in [0.2, 0.25) is 0 Å². The van der Waals surface area contributed by atoms with Crippen molar-refractivity contribution in [1.82, 2.24) is 0 Å². The van der Waals surface area contributed by atoms with Gasteiger partial charge in [0.25, 0.3) is 0 Å². The number of esters is 1. The number of benzene rings is 1. The molecule has 0 saturated heterocycles. The molecule has 0 fully saturated rings. The number of hydrogen-bond donors (Lipinski definition) is 3. The zero-order valence-corrected chi connectivity index (χ0v) is 25.0. The average Bonchev–Trinajstić information content (AvgIpc) is 2.87. The van der Waals surface area contributed by atoms with Crippen LogP contribution in [0.4, 0.5) is 0 Å². The van der Waals surface area contributed by atoms with E-state index in [4.69, 9.17) is 4.74 Å². The van der Waals surface area contributed by atoms with Crippen molar-refractivity contribution in [3.8, 4) is 17.2 Å². The van der Waals surface area contributed by atoms with E-state index in [1.165, 1.54) is 27.9 Å². The van der Waals surface area contributed by atoms with Crippen molar-refractivity contribution < 1.29 is 24.9 Å². The summed E-state index contributed by atoms with van der Waals surface area (Å²) >= 11 is 0. The summed E-state index contributed by atoms with van der Waals surface area (Å²) in [4.78, 5) is 12.1. The Bertz CT molecular complexity index is 1040. The molecule has 0 aliphatic heterocycles. The lowest BCUT2D eigenvalue weighted by Gasteiger charge is -2.07. The smallest absolute Gasteiger partial charge is 0.338 e. The van der Waals surface area contributed by atoms with Crippen LogP contribution in [-0.2, 0) is 4.74 Å². The molecule has 0 aromatic heterocycles. The first-order valence-electron chi connectivity index (χ1n) is 14.2. The van der Waals surface area contributed by atoms with Crippen molar-refractivity contribution in [2.24, 2.45) is 0 Å². The van der Waals surface area contributed by atoms with Gasteiger partial charge in [-0.3, -0.25) is 0 Å². The van der Waals surface area contributed by atoms with Crippen LogP contribution in [0.25, 0.3) is 0 Å². The number of unbranched alkanes of at least 4 members (excludes halogenated alkanes) is 1. The molecule has 0 unspecified atom stereocenters. The maximum Gasteiger partial charge on any atom is 0.338 e. The number of allylic oxidation sites excluding steroid dienone is 10. The lowest BCUT2D eigenvalue weighted by Crippen LogP contribution is -2.06. The van der Waals surface area contributed by atoms with E-state index in [9.17, 15) is 20.1 Å². The number of phenolic OH excluding ortho intramolecular Hbond substituents is 3. The largest absolute Gasteiger partial charge is 0.504 e. The second-order valence-corrected chi connectivity index (χ2v) is 10.8. The van der Waals surface area contributed by atoms with E-state index >= 15 is 0 Å². The fourth-order valence-electron chi connectivity index (χ4n) is 4.07. The molecular weight excluding hydrogens is 488 g/mol. The van der Waals surface area contributed by atoms with Gasteiger partial charge in [-0.25, -0.2) is 4.79 Å². The summed E-state index contributed by atoms with van der Waals surface area (Å²) in [5.41, 5.74) is 7.02. The van der Waals surface area contributed by atoms with Crippen molar-refractivity contribution in [2.45, 2.75) is 106 Å².